The molecular formula is C76H81NO. The second kappa shape index (κ2) is 29.3. The Balaban J connectivity index is 0.000000228. The van der Waals surface area contributed by atoms with Crippen LogP contribution in [0.5, 0.6) is 0 Å². The molecule has 0 fully saturated rings. The first-order valence-electron chi connectivity index (χ1n) is 28.2. The van der Waals surface area contributed by atoms with Crippen molar-refractivity contribution in [1.29, 1.82) is 0 Å². The Labute approximate surface area is 469 Å². The predicted octanol–water partition coefficient (Wildman–Crippen LogP) is 20.3. The number of nitrogens with two attached hydrogens (primary N) is 1. The Morgan fingerprint density at radius 1 is 0.679 bits per heavy atom. The average Bonchev–Trinajstić information content (AvgIpc) is 4.10. The van der Waals surface area contributed by atoms with Gasteiger partial charge in [0.15, 0.2) is 0 Å². The first-order valence-corrected chi connectivity index (χ1v) is 28.2. The lowest BCUT2D eigenvalue weighted by molar-refractivity contribution is 0.451. The molecule has 396 valence electrons. The molecule has 2 heteroatoms. The van der Waals surface area contributed by atoms with Gasteiger partial charge in [0.2, 0.25) is 0 Å². The zero-order valence-corrected chi connectivity index (χ0v) is 47.9. The van der Waals surface area contributed by atoms with Gasteiger partial charge in [0.1, 0.15) is 11.5 Å². The van der Waals surface area contributed by atoms with Crippen molar-refractivity contribution in [3.63, 3.8) is 0 Å². The van der Waals surface area contributed by atoms with Crippen molar-refractivity contribution < 1.29 is 4.42 Å². The molecule has 7 aromatic carbocycles. The minimum Gasteiger partial charge on any atom is -0.460 e. The van der Waals surface area contributed by atoms with E-state index in [1.165, 1.54) is 96.1 Å². The maximum Gasteiger partial charge on any atom is 0.130 e. The summed E-state index contributed by atoms with van der Waals surface area (Å²) in [7, 11) is 1.50. The van der Waals surface area contributed by atoms with E-state index in [9.17, 15) is 0 Å². The van der Waals surface area contributed by atoms with E-state index in [1.807, 2.05) is 53.7 Å². The molecule has 0 saturated carbocycles. The van der Waals surface area contributed by atoms with Crippen molar-refractivity contribution in [3.8, 4) is 34.6 Å². The summed E-state index contributed by atoms with van der Waals surface area (Å²) in [4.78, 5) is 0. The second-order valence-corrected chi connectivity index (χ2v) is 18.6. The molecule has 4 aliphatic rings. The largest absolute Gasteiger partial charge is 0.460 e. The number of fused-ring (bicyclic) bond motifs is 10. The zero-order valence-electron chi connectivity index (χ0n) is 47.9. The summed E-state index contributed by atoms with van der Waals surface area (Å²) in [6.07, 6.45) is 28.8. The first kappa shape index (κ1) is 59.0. The molecule has 1 aromatic heterocycles. The van der Waals surface area contributed by atoms with Crippen LogP contribution in [-0.2, 0) is 11.8 Å². The van der Waals surface area contributed by atoms with Gasteiger partial charge in [-0.1, -0.05) is 285 Å². The summed E-state index contributed by atoms with van der Waals surface area (Å²) in [5, 5.41) is 0. The Morgan fingerprint density at radius 2 is 1.26 bits per heavy atom. The van der Waals surface area contributed by atoms with Crippen LogP contribution >= 0.6 is 0 Å². The Bertz CT molecular complexity index is 3340. The summed E-state index contributed by atoms with van der Waals surface area (Å²) in [6.45, 7) is 22.0. The fraction of sp³-hybridized carbons (Fsp3) is 0.211. The van der Waals surface area contributed by atoms with Crippen molar-refractivity contribution in [3.05, 3.63) is 298 Å². The molecule has 78 heavy (non-hydrogen) atoms. The monoisotopic (exact) mass is 1020 g/mol. The number of furan rings is 1. The summed E-state index contributed by atoms with van der Waals surface area (Å²) in [5.74, 6) is 5.32. The maximum absolute atomic E-state index is 6.49. The van der Waals surface area contributed by atoms with Gasteiger partial charge >= 0.3 is 0 Å². The fourth-order valence-corrected chi connectivity index (χ4v) is 11.1. The number of aryl methyl sites for hydroxylation is 1. The van der Waals surface area contributed by atoms with Crippen molar-refractivity contribution >= 4 is 23.8 Å². The summed E-state index contributed by atoms with van der Waals surface area (Å²) >= 11 is 0. The Kier molecular flexibility index (Phi) is 22.2. The van der Waals surface area contributed by atoms with Crippen LogP contribution in [-0.4, -0.2) is 7.05 Å². The maximum atomic E-state index is 6.49. The lowest BCUT2D eigenvalue weighted by atomic mass is 9.67. The van der Waals surface area contributed by atoms with Crippen LogP contribution in [0.1, 0.15) is 146 Å². The van der Waals surface area contributed by atoms with Gasteiger partial charge < -0.3 is 10.2 Å². The molecule has 3 unspecified atom stereocenters. The highest BCUT2D eigenvalue weighted by molar-refractivity contribution is 5.86. The summed E-state index contributed by atoms with van der Waals surface area (Å²) in [6, 6.07) is 64.0. The fourth-order valence-electron chi connectivity index (χ4n) is 11.1. The molecule has 0 aliphatic heterocycles. The van der Waals surface area contributed by atoms with E-state index in [4.69, 9.17) is 4.42 Å². The molecule has 0 bridgehead atoms. The molecule has 12 rings (SSSR count). The van der Waals surface area contributed by atoms with Crippen molar-refractivity contribution in [1.82, 2.24) is 0 Å². The van der Waals surface area contributed by atoms with Gasteiger partial charge in [-0.3, -0.25) is 0 Å². The van der Waals surface area contributed by atoms with Gasteiger partial charge in [0.05, 0.1) is 11.3 Å². The number of allylic oxidation sites excluding steroid dienone is 8. The van der Waals surface area contributed by atoms with Crippen molar-refractivity contribution in [2.45, 2.75) is 92.4 Å². The van der Waals surface area contributed by atoms with Gasteiger partial charge in [-0.2, -0.15) is 0 Å². The van der Waals surface area contributed by atoms with Crippen LogP contribution in [0.4, 0.5) is 0 Å². The molecule has 3 atom stereocenters. The lowest BCUT2D eigenvalue weighted by Crippen LogP contribution is -2.28. The Morgan fingerprint density at radius 3 is 1.88 bits per heavy atom. The minimum absolute atomic E-state index is 0.244. The summed E-state index contributed by atoms with van der Waals surface area (Å²) in [5.41, 5.74) is 25.1. The van der Waals surface area contributed by atoms with E-state index < -0.39 is 0 Å². The van der Waals surface area contributed by atoms with E-state index in [0.717, 1.165) is 24.4 Å². The summed E-state index contributed by atoms with van der Waals surface area (Å²) < 4.78 is 6.49. The van der Waals surface area contributed by atoms with Crippen LogP contribution in [0.2, 0.25) is 0 Å². The number of terminal acetylenes is 1. The van der Waals surface area contributed by atoms with E-state index >= 15 is 0 Å². The molecule has 2 N–H and O–H groups in total. The zero-order chi connectivity index (χ0) is 56.0. The Hall–Kier alpha value is -8.22. The van der Waals surface area contributed by atoms with Gasteiger partial charge in [-0.25, -0.2) is 0 Å². The minimum atomic E-state index is -0.263. The van der Waals surface area contributed by atoms with Crippen molar-refractivity contribution in [2.24, 2.45) is 11.7 Å². The van der Waals surface area contributed by atoms with Gasteiger partial charge in [0, 0.05) is 17.0 Å². The topological polar surface area (TPSA) is 39.2 Å². The van der Waals surface area contributed by atoms with E-state index in [2.05, 4.69) is 263 Å². The number of hydrogen-bond donors (Lipinski definition) is 1. The molecular weight excluding hydrogens is 943 g/mol. The highest BCUT2D eigenvalue weighted by Gasteiger charge is 2.45. The first-order chi connectivity index (χ1) is 38.4. The number of hydrogen-bond acceptors (Lipinski definition) is 2. The van der Waals surface area contributed by atoms with Crippen LogP contribution in [0.15, 0.2) is 229 Å². The van der Waals surface area contributed by atoms with Crippen LogP contribution in [0, 0.1) is 25.2 Å². The molecule has 2 nitrogen and oxygen atoms in total. The predicted molar refractivity (Wildman–Crippen MR) is 341 cm³/mol. The molecule has 4 aliphatic carbocycles. The average molecular weight is 1020 g/mol. The molecule has 8 aromatic rings. The van der Waals surface area contributed by atoms with E-state index in [1.54, 1.807) is 6.92 Å². The SMILES string of the molecule is C#CC.C=C/C=C(\C=C/C(C)c1ccc(-c2ccc3c(c2)C=CC2C=Cc4c(oc5c4CCC=C5)C32)cc1)c1ccccc1.CC.CC.CC.CN.Cc1cccc(C2(c3ccccc3)c3ccccc3-c3ccccc32)c1. The smallest absolute Gasteiger partial charge is 0.130 e. The quantitative estimate of drug-likeness (QED) is 0.122. The lowest BCUT2D eigenvalue weighted by Gasteiger charge is -2.34. The van der Waals surface area contributed by atoms with Gasteiger partial charge in [-0.15, -0.1) is 12.3 Å². The molecule has 0 radical (unpaired) electrons. The highest BCUT2D eigenvalue weighted by Crippen LogP contribution is 2.56. The van der Waals surface area contributed by atoms with Gasteiger partial charge in [-0.05, 0) is 124 Å². The molecule has 1 heterocycles. The molecule has 0 saturated heterocycles. The third-order valence-corrected chi connectivity index (χ3v) is 14.4. The standard InChI is InChI=1S/C40H34O.C26H20.C3H4.3C2H6.CH5N/c1-3-9-29(30-10-5-4-6-11-30)15-14-27(2)28-16-18-31(19-17-28)33-23-24-35-34(26-33)21-20-32-22-25-37-36-12-7-8-13-38(36)41-40(37)39(32)35;1-19-10-9-13-21(18-19)26(20-11-3-2-4-12-20)24-16-7-5-14-22(24)23-15-6-8-17-25(23)26;1-3-2;4*1-2/h3-6,8-11,13-27,32,39H,1,7,12H2,2H3;2-18H,1H3;1H,2H3;3*1-2H3;2H2,1H3/b15-14-,29-9+;;;;;;. The van der Waals surface area contributed by atoms with Crippen molar-refractivity contribution in [2.75, 3.05) is 7.05 Å². The van der Waals surface area contributed by atoms with Crippen LogP contribution in [0.25, 0.3) is 46.1 Å². The van der Waals surface area contributed by atoms with E-state index in [0.29, 0.717) is 11.8 Å². The molecule has 0 spiro atoms. The highest BCUT2D eigenvalue weighted by atomic mass is 16.3. The van der Waals surface area contributed by atoms with Gasteiger partial charge in [0.25, 0.3) is 0 Å². The third-order valence-electron chi connectivity index (χ3n) is 14.4. The normalized spacial score (nSPS) is 15.2. The molecule has 0 amide bonds. The van der Waals surface area contributed by atoms with E-state index in [-0.39, 0.29) is 11.3 Å². The number of benzene rings is 7. The van der Waals surface area contributed by atoms with Crippen LogP contribution < -0.4 is 5.73 Å². The second-order valence-electron chi connectivity index (χ2n) is 18.6. The number of rotatable bonds is 8. The van der Waals surface area contributed by atoms with Crippen LogP contribution in [0.3, 0.4) is 0 Å². The third kappa shape index (κ3) is 12.5.